The van der Waals surface area contributed by atoms with E-state index in [-0.39, 0.29) is 24.4 Å². The van der Waals surface area contributed by atoms with Crippen molar-refractivity contribution in [2.45, 2.75) is 38.3 Å². The third kappa shape index (κ3) is 4.84. The Hall–Kier alpha value is -1.88. The number of nitrogens with zero attached hydrogens (tertiary/aromatic N) is 1. The van der Waals surface area contributed by atoms with E-state index in [1.807, 2.05) is 19.1 Å². The van der Waals surface area contributed by atoms with Gasteiger partial charge in [-0.05, 0) is 43.9 Å². The summed E-state index contributed by atoms with van der Waals surface area (Å²) >= 11 is 0. The Kier molecular flexibility index (Phi) is 5.95. The summed E-state index contributed by atoms with van der Waals surface area (Å²) in [6, 6.07) is 5.79. The maximum absolute atomic E-state index is 12.9. The molecule has 0 aliphatic heterocycles. The topological polar surface area (TPSA) is 52.6 Å². The van der Waals surface area contributed by atoms with Crippen LogP contribution in [-0.2, 0) is 0 Å². The Morgan fingerprint density at radius 2 is 2.14 bits per heavy atom. The van der Waals surface area contributed by atoms with Crippen LogP contribution in [-0.4, -0.2) is 35.2 Å². The van der Waals surface area contributed by atoms with Crippen LogP contribution in [0.25, 0.3) is 0 Å². The lowest BCUT2D eigenvalue weighted by Gasteiger charge is -2.25. The van der Waals surface area contributed by atoms with Gasteiger partial charge in [0.25, 0.3) is 0 Å². The van der Waals surface area contributed by atoms with E-state index in [2.05, 4.69) is 5.32 Å². The zero-order valence-corrected chi connectivity index (χ0v) is 12.8. The number of rotatable bonds is 7. The van der Waals surface area contributed by atoms with Crippen LogP contribution in [0.3, 0.4) is 0 Å². The fraction of sp³-hybridized carbons (Fsp3) is 0.471. The summed E-state index contributed by atoms with van der Waals surface area (Å²) in [6.45, 7) is 2.75. The highest BCUT2D eigenvalue weighted by Crippen LogP contribution is 2.29. The molecule has 2 N–H and O–H groups in total. The van der Waals surface area contributed by atoms with E-state index in [4.69, 9.17) is 0 Å². The zero-order valence-electron chi connectivity index (χ0n) is 12.8. The largest absolute Gasteiger partial charge is 0.387 e. The van der Waals surface area contributed by atoms with E-state index < -0.39 is 6.10 Å². The first-order valence-corrected chi connectivity index (χ1v) is 7.71. The molecule has 1 fully saturated rings. The molecular weight excluding hydrogens is 283 g/mol. The first-order chi connectivity index (χ1) is 10.6. The lowest BCUT2D eigenvalue weighted by molar-refractivity contribution is 0.118. The van der Waals surface area contributed by atoms with Gasteiger partial charge in [-0.3, -0.25) is 0 Å². The van der Waals surface area contributed by atoms with Gasteiger partial charge in [0.2, 0.25) is 0 Å². The predicted molar refractivity (Wildman–Crippen MR) is 83.9 cm³/mol. The van der Waals surface area contributed by atoms with Crippen LogP contribution >= 0.6 is 0 Å². The fourth-order valence-corrected chi connectivity index (χ4v) is 2.29. The van der Waals surface area contributed by atoms with Crippen molar-refractivity contribution in [3.05, 3.63) is 47.8 Å². The number of urea groups is 1. The predicted octanol–water partition coefficient (Wildman–Crippen LogP) is 3.00. The van der Waals surface area contributed by atoms with E-state index in [9.17, 15) is 14.3 Å². The number of benzene rings is 1. The molecule has 4 nitrogen and oxygen atoms in total. The average Bonchev–Trinajstić information content (AvgIpc) is 3.34. The number of aliphatic hydroxyl groups is 1. The van der Waals surface area contributed by atoms with Gasteiger partial charge in [-0.25, -0.2) is 9.18 Å². The molecule has 1 aliphatic rings. The van der Waals surface area contributed by atoms with Crippen molar-refractivity contribution in [3.8, 4) is 0 Å². The second kappa shape index (κ2) is 7.94. The van der Waals surface area contributed by atoms with Crippen molar-refractivity contribution in [3.63, 3.8) is 0 Å². The summed E-state index contributed by atoms with van der Waals surface area (Å²) in [5, 5.41) is 13.1. The fourth-order valence-electron chi connectivity index (χ4n) is 2.29. The Morgan fingerprint density at radius 1 is 1.45 bits per heavy atom. The van der Waals surface area contributed by atoms with Gasteiger partial charge in [0.15, 0.2) is 0 Å². The van der Waals surface area contributed by atoms with Crippen LogP contribution in [0.5, 0.6) is 0 Å². The molecule has 1 aromatic rings. The molecule has 1 aliphatic carbocycles. The molecule has 1 saturated carbocycles. The molecule has 2 rings (SSSR count). The minimum Gasteiger partial charge on any atom is -0.387 e. The molecule has 5 heteroatoms. The Balaban J connectivity index is 1.90. The first kappa shape index (κ1) is 16.5. The van der Waals surface area contributed by atoms with Crippen LogP contribution in [0.15, 0.2) is 36.4 Å². The van der Waals surface area contributed by atoms with Crippen molar-refractivity contribution in [1.29, 1.82) is 0 Å². The minimum absolute atomic E-state index is 0.145. The normalized spacial score (nSPS) is 15.8. The van der Waals surface area contributed by atoms with Gasteiger partial charge >= 0.3 is 6.03 Å². The number of amides is 2. The van der Waals surface area contributed by atoms with Crippen molar-refractivity contribution in [2.24, 2.45) is 0 Å². The van der Waals surface area contributed by atoms with E-state index >= 15 is 0 Å². The van der Waals surface area contributed by atoms with Crippen LogP contribution in [0, 0.1) is 5.82 Å². The smallest absolute Gasteiger partial charge is 0.317 e. The molecule has 0 bridgehead atoms. The third-order valence-electron chi connectivity index (χ3n) is 3.70. The van der Waals surface area contributed by atoms with Crippen LogP contribution < -0.4 is 5.32 Å². The number of halogens is 1. The van der Waals surface area contributed by atoms with E-state index in [1.165, 1.54) is 12.1 Å². The molecule has 120 valence electrons. The highest BCUT2D eigenvalue weighted by atomic mass is 19.1. The summed E-state index contributed by atoms with van der Waals surface area (Å²) < 4.78 is 12.9. The Labute approximate surface area is 130 Å². The molecule has 0 aromatic heterocycles. The maximum atomic E-state index is 12.9. The summed E-state index contributed by atoms with van der Waals surface area (Å²) in [4.78, 5) is 13.9. The summed E-state index contributed by atoms with van der Waals surface area (Å²) in [7, 11) is 0. The highest BCUT2D eigenvalue weighted by Gasteiger charge is 2.33. The van der Waals surface area contributed by atoms with Gasteiger partial charge in [-0.15, -0.1) is 0 Å². The van der Waals surface area contributed by atoms with Gasteiger partial charge in [-0.1, -0.05) is 24.3 Å². The number of carbonyl (C=O) groups is 1. The minimum atomic E-state index is -0.803. The Bertz CT molecular complexity index is 512. The van der Waals surface area contributed by atoms with Gasteiger partial charge in [0, 0.05) is 12.6 Å². The zero-order chi connectivity index (χ0) is 15.9. The van der Waals surface area contributed by atoms with E-state index in [1.54, 1.807) is 17.0 Å². The number of nitrogens with one attached hydrogen (secondary N) is 1. The lowest BCUT2D eigenvalue weighted by Crippen LogP contribution is -2.43. The second-order valence-electron chi connectivity index (χ2n) is 5.54. The van der Waals surface area contributed by atoms with Crippen molar-refractivity contribution >= 4 is 6.03 Å². The van der Waals surface area contributed by atoms with Crippen molar-refractivity contribution < 1.29 is 14.3 Å². The van der Waals surface area contributed by atoms with Crippen LogP contribution in [0.1, 0.15) is 37.9 Å². The number of hydrogen-bond donors (Lipinski definition) is 2. The Morgan fingerprint density at radius 3 is 2.73 bits per heavy atom. The SMILES string of the molecule is CC=CCCNC(=O)N(CC(O)c1ccc(F)cc1)C1CC1. The van der Waals surface area contributed by atoms with Crippen molar-refractivity contribution in [1.82, 2.24) is 10.2 Å². The first-order valence-electron chi connectivity index (χ1n) is 7.71. The summed E-state index contributed by atoms with van der Waals surface area (Å²) in [5.41, 5.74) is 0.619. The van der Waals surface area contributed by atoms with Gasteiger partial charge in [0.05, 0.1) is 12.6 Å². The number of hydrogen-bond acceptors (Lipinski definition) is 2. The third-order valence-corrected chi connectivity index (χ3v) is 3.70. The number of carbonyl (C=O) groups excluding carboxylic acids is 1. The molecule has 0 spiro atoms. The van der Waals surface area contributed by atoms with E-state index in [0.717, 1.165) is 19.3 Å². The molecule has 0 saturated heterocycles. The lowest BCUT2D eigenvalue weighted by atomic mass is 10.1. The molecule has 1 unspecified atom stereocenters. The summed E-state index contributed by atoms with van der Waals surface area (Å²) in [6.07, 6.45) is 5.87. The number of allylic oxidation sites excluding steroid dienone is 1. The molecular formula is C17H23FN2O2. The van der Waals surface area contributed by atoms with Crippen molar-refractivity contribution in [2.75, 3.05) is 13.1 Å². The molecule has 2 amide bonds. The second-order valence-corrected chi connectivity index (χ2v) is 5.54. The van der Waals surface area contributed by atoms with Gasteiger partial charge in [-0.2, -0.15) is 0 Å². The molecule has 0 radical (unpaired) electrons. The van der Waals surface area contributed by atoms with E-state index in [0.29, 0.717) is 12.1 Å². The molecule has 22 heavy (non-hydrogen) atoms. The maximum Gasteiger partial charge on any atom is 0.317 e. The molecule has 1 aromatic carbocycles. The molecule has 0 heterocycles. The van der Waals surface area contributed by atoms with Gasteiger partial charge in [0.1, 0.15) is 5.82 Å². The standard InChI is InChI=1S/C17H23FN2O2/c1-2-3-4-11-19-17(22)20(15-9-10-15)12-16(21)13-5-7-14(18)8-6-13/h2-3,5-8,15-16,21H,4,9-12H2,1H3,(H,19,22). The number of aliphatic hydroxyl groups excluding tert-OH is 1. The van der Waals surface area contributed by atoms with Gasteiger partial charge < -0.3 is 15.3 Å². The summed E-state index contributed by atoms with van der Waals surface area (Å²) in [5.74, 6) is -0.336. The van der Waals surface area contributed by atoms with Crippen LogP contribution in [0.4, 0.5) is 9.18 Å². The average molecular weight is 306 g/mol. The monoisotopic (exact) mass is 306 g/mol. The van der Waals surface area contributed by atoms with Crippen LogP contribution in [0.2, 0.25) is 0 Å². The molecule has 1 atom stereocenters. The quantitative estimate of drug-likeness (QED) is 0.601. The highest BCUT2D eigenvalue weighted by molar-refractivity contribution is 5.75.